The minimum absolute atomic E-state index is 0.0871. The van der Waals surface area contributed by atoms with Crippen LogP contribution in [-0.2, 0) is 9.53 Å². The molecule has 0 saturated carbocycles. The van der Waals surface area contributed by atoms with Crippen LogP contribution in [0.5, 0.6) is 0 Å². The third-order valence-corrected chi connectivity index (χ3v) is 4.84. The maximum absolute atomic E-state index is 13.4. The van der Waals surface area contributed by atoms with E-state index in [9.17, 15) is 40.7 Å². The highest BCUT2D eigenvalue weighted by Crippen LogP contribution is 2.37. The SMILES string of the molecule is CCOC(=O)C(Nc1c(C(=O)C(F)(F)F)cc(C(=O)C(F)(F)F)c2cccnc12)c1ccccc1. The van der Waals surface area contributed by atoms with Crippen molar-refractivity contribution in [2.75, 3.05) is 11.9 Å². The van der Waals surface area contributed by atoms with E-state index in [1.165, 1.54) is 37.3 Å². The Morgan fingerprint density at radius 2 is 1.51 bits per heavy atom. The van der Waals surface area contributed by atoms with Crippen LogP contribution in [0.15, 0.2) is 54.7 Å². The zero-order valence-corrected chi connectivity index (χ0v) is 17.8. The Balaban J connectivity index is 2.34. The summed E-state index contributed by atoms with van der Waals surface area (Å²) in [5.41, 5.74) is -3.48. The van der Waals surface area contributed by atoms with Gasteiger partial charge in [-0.1, -0.05) is 36.4 Å². The molecule has 1 aromatic heterocycles. The van der Waals surface area contributed by atoms with Crippen LogP contribution >= 0.6 is 0 Å². The Hall–Kier alpha value is -3.96. The highest BCUT2D eigenvalue weighted by atomic mass is 19.4. The summed E-state index contributed by atoms with van der Waals surface area (Å²) in [7, 11) is 0. The molecule has 2 aromatic carbocycles. The fourth-order valence-corrected chi connectivity index (χ4v) is 3.36. The summed E-state index contributed by atoms with van der Waals surface area (Å²) in [6.07, 6.45) is -9.89. The van der Waals surface area contributed by atoms with Crippen molar-refractivity contribution in [2.45, 2.75) is 25.3 Å². The summed E-state index contributed by atoms with van der Waals surface area (Å²) in [4.78, 5) is 40.8. The van der Waals surface area contributed by atoms with Gasteiger partial charge in [-0.3, -0.25) is 14.6 Å². The smallest absolute Gasteiger partial charge is 0.454 e. The number of ether oxygens (including phenoxy) is 1. The van der Waals surface area contributed by atoms with Crippen molar-refractivity contribution < 1.29 is 45.5 Å². The van der Waals surface area contributed by atoms with Gasteiger partial charge < -0.3 is 10.1 Å². The lowest BCUT2D eigenvalue weighted by Gasteiger charge is -2.23. The molecule has 0 aliphatic carbocycles. The second-order valence-electron chi connectivity index (χ2n) is 7.14. The number of pyridine rings is 1. The Labute approximate surface area is 193 Å². The molecule has 0 amide bonds. The van der Waals surface area contributed by atoms with E-state index in [1.807, 2.05) is 0 Å². The fraction of sp³-hybridized carbons (Fsp3) is 0.217. The molecule has 0 aliphatic rings. The molecule has 0 saturated heterocycles. The lowest BCUT2D eigenvalue weighted by atomic mass is 9.95. The molecule has 3 rings (SSSR count). The van der Waals surface area contributed by atoms with Gasteiger partial charge in [-0.05, 0) is 24.6 Å². The van der Waals surface area contributed by atoms with Crippen LogP contribution < -0.4 is 5.32 Å². The molecule has 6 nitrogen and oxygen atoms in total. The number of aromatic nitrogens is 1. The topological polar surface area (TPSA) is 85.4 Å². The summed E-state index contributed by atoms with van der Waals surface area (Å²) in [5, 5.41) is 2.03. The number of esters is 1. The van der Waals surface area contributed by atoms with E-state index in [1.54, 1.807) is 6.07 Å². The van der Waals surface area contributed by atoms with Crippen molar-refractivity contribution in [2.24, 2.45) is 0 Å². The van der Waals surface area contributed by atoms with Crippen LogP contribution in [0.2, 0.25) is 0 Å². The van der Waals surface area contributed by atoms with E-state index in [0.717, 1.165) is 12.3 Å². The number of nitrogens with one attached hydrogen (secondary N) is 1. The third-order valence-electron chi connectivity index (χ3n) is 4.84. The van der Waals surface area contributed by atoms with Gasteiger partial charge >= 0.3 is 18.3 Å². The summed E-state index contributed by atoms with van der Waals surface area (Å²) < 4.78 is 84.9. The number of hydrogen-bond donors (Lipinski definition) is 1. The number of benzene rings is 2. The van der Waals surface area contributed by atoms with Crippen molar-refractivity contribution in [3.8, 4) is 0 Å². The van der Waals surface area contributed by atoms with Gasteiger partial charge in [0.05, 0.1) is 23.4 Å². The number of nitrogens with zero attached hydrogens (tertiary/aromatic N) is 1. The quantitative estimate of drug-likeness (QED) is 0.265. The maximum Gasteiger partial charge on any atom is 0.454 e. The molecular formula is C23H16F6N2O4. The predicted molar refractivity (Wildman–Crippen MR) is 112 cm³/mol. The van der Waals surface area contributed by atoms with Crippen molar-refractivity contribution in [1.29, 1.82) is 0 Å². The first-order valence-corrected chi connectivity index (χ1v) is 9.99. The second kappa shape index (κ2) is 9.72. The number of hydrogen-bond acceptors (Lipinski definition) is 6. The Morgan fingerprint density at radius 1 is 0.914 bits per heavy atom. The summed E-state index contributed by atoms with van der Waals surface area (Å²) in [6.45, 7) is 1.41. The molecular weight excluding hydrogens is 482 g/mol. The lowest BCUT2D eigenvalue weighted by Crippen LogP contribution is -2.29. The number of alkyl halides is 6. The molecule has 1 unspecified atom stereocenters. The number of rotatable bonds is 7. The van der Waals surface area contributed by atoms with E-state index in [-0.39, 0.29) is 18.2 Å². The van der Waals surface area contributed by atoms with Crippen LogP contribution in [0.1, 0.15) is 39.2 Å². The maximum atomic E-state index is 13.4. The normalized spacial score (nSPS) is 12.8. The number of ketones is 2. The van der Waals surface area contributed by atoms with Crippen LogP contribution in [0.3, 0.4) is 0 Å². The third kappa shape index (κ3) is 5.42. The molecule has 0 aliphatic heterocycles. The number of carbonyl (C=O) groups is 3. The molecule has 1 atom stereocenters. The molecule has 0 spiro atoms. The first-order chi connectivity index (χ1) is 16.4. The van der Waals surface area contributed by atoms with E-state index >= 15 is 0 Å². The molecule has 0 bridgehead atoms. The molecule has 0 fully saturated rings. The summed E-state index contributed by atoms with van der Waals surface area (Å²) in [6, 6.07) is 8.56. The summed E-state index contributed by atoms with van der Waals surface area (Å²) in [5.74, 6) is -5.91. The minimum atomic E-state index is -5.51. The van der Waals surface area contributed by atoms with E-state index in [2.05, 4.69) is 10.3 Å². The number of Topliss-reactive ketones (excluding diaryl/α,β-unsaturated/α-hetero) is 2. The van der Waals surface area contributed by atoms with Crippen LogP contribution in [0.25, 0.3) is 10.9 Å². The van der Waals surface area contributed by atoms with Crippen LogP contribution in [0.4, 0.5) is 32.0 Å². The van der Waals surface area contributed by atoms with Crippen molar-refractivity contribution in [3.05, 3.63) is 71.4 Å². The van der Waals surface area contributed by atoms with Gasteiger partial charge in [-0.2, -0.15) is 26.3 Å². The minimum Gasteiger partial charge on any atom is -0.464 e. The first kappa shape index (κ1) is 25.7. The number of anilines is 1. The first-order valence-electron chi connectivity index (χ1n) is 9.99. The van der Waals surface area contributed by atoms with E-state index in [0.29, 0.717) is 0 Å². The van der Waals surface area contributed by atoms with Crippen molar-refractivity contribution >= 4 is 34.1 Å². The highest BCUT2D eigenvalue weighted by Gasteiger charge is 2.45. The molecule has 1 heterocycles. The van der Waals surface area contributed by atoms with Crippen LogP contribution in [0, 0.1) is 0 Å². The Bertz CT molecular complexity index is 1270. The second-order valence-corrected chi connectivity index (χ2v) is 7.14. The monoisotopic (exact) mass is 498 g/mol. The van der Waals surface area contributed by atoms with Gasteiger partial charge in [0, 0.05) is 17.1 Å². The molecule has 3 aromatic rings. The Morgan fingerprint density at radius 3 is 2.09 bits per heavy atom. The molecule has 0 radical (unpaired) electrons. The molecule has 184 valence electrons. The van der Waals surface area contributed by atoms with Crippen molar-refractivity contribution in [3.63, 3.8) is 0 Å². The predicted octanol–water partition coefficient (Wildman–Crippen LogP) is 5.44. The molecule has 35 heavy (non-hydrogen) atoms. The average molecular weight is 498 g/mol. The average Bonchev–Trinajstić information content (AvgIpc) is 2.80. The Kier molecular flexibility index (Phi) is 7.13. The van der Waals surface area contributed by atoms with Gasteiger partial charge in [-0.25, -0.2) is 4.79 Å². The van der Waals surface area contributed by atoms with Gasteiger partial charge in [0.1, 0.15) is 0 Å². The zero-order chi connectivity index (χ0) is 26.0. The number of fused-ring (bicyclic) bond motifs is 1. The summed E-state index contributed by atoms with van der Waals surface area (Å²) >= 11 is 0. The fourth-order valence-electron chi connectivity index (χ4n) is 3.36. The standard InChI is InChI=1S/C23H16F6N2O4/c1-2-35-21(34)16(12-7-4-3-5-8-12)31-18-15(20(33)23(27,28)29)11-14(19(32)22(24,25)26)13-9-6-10-30-17(13)18/h3-11,16,31H,2H2,1H3. The van der Waals surface area contributed by atoms with E-state index in [4.69, 9.17) is 4.74 Å². The van der Waals surface area contributed by atoms with Crippen molar-refractivity contribution in [1.82, 2.24) is 4.98 Å². The number of carbonyl (C=O) groups excluding carboxylic acids is 3. The van der Waals surface area contributed by atoms with Gasteiger partial charge in [0.2, 0.25) is 0 Å². The zero-order valence-electron chi connectivity index (χ0n) is 17.8. The molecule has 12 heteroatoms. The molecule has 1 N–H and O–H groups in total. The highest BCUT2D eigenvalue weighted by molar-refractivity contribution is 6.18. The van der Waals surface area contributed by atoms with Gasteiger partial charge in [-0.15, -0.1) is 0 Å². The van der Waals surface area contributed by atoms with Gasteiger partial charge in [0.25, 0.3) is 11.6 Å². The van der Waals surface area contributed by atoms with E-state index < -0.39 is 63.6 Å². The van der Waals surface area contributed by atoms with Gasteiger partial charge in [0.15, 0.2) is 6.04 Å². The number of halogens is 6. The lowest BCUT2D eigenvalue weighted by molar-refractivity contribution is -0.144. The largest absolute Gasteiger partial charge is 0.464 e. The van der Waals surface area contributed by atoms with Crippen LogP contribution in [-0.4, -0.2) is 41.5 Å².